The third kappa shape index (κ3) is 2.82. The Kier molecular flexibility index (Phi) is 3.41. The van der Waals surface area contributed by atoms with Crippen LogP contribution in [-0.4, -0.2) is 57.9 Å². The van der Waals surface area contributed by atoms with Crippen molar-refractivity contribution in [2.45, 2.75) is 0 Å². The van der Waals surface area contributed by atoms with Gasteiger partial charge in [-0.15, -0.1) is 0 Å². The molecule has 1 aromatic heterocycles. The first-order chi connectivity index (χ1) is 8.06. The van der Waals surface area contributed by atoms with E-state index in [4.69, 9.17) is 5.73 Å². The van der Waals surface area contributed by atoms with Crippen molar-refractivity contribution in [3.8, 4) is 0 Å². The molecule has 1 aliphatic heterocycles. The average Bonchev–Trinajstić information content (AvgIpc) is 2.29. The number of nitrogens with two attached hydrogens (primary N) is 1. The monoisotopic (exact) mass is 256 g/mol. The van der Waals surface area contributed by atoms with Crippen molar-refractivity contribution in [3.05, 3.63) is 0 Å². The highest BCUT2D eigenvalue weighted by molar-refractivity contribution is 7.85. The highest BCUT2D eigenvalue weighted by Crippen LogP contribution is 2.15. The molecular weight excluding hydrogens is 240 g/mol. The van der Waals surface area contributed by atoms with E-state index in [-0.39, 0.29) is 5.95 Å². The second-order valence-electron chi connectivity index (χ2n) is 4.02. The molecule has 8 heteroatoms. The molecule has 0 unspecified atom stereocenters. The summed E-state index contributed by atoms with van der Waals surface area (Å²) in [4.78, 5) is 16.3. The Hall–Kier alpha value is -1.44. The van der Waals surface area contributed by atoms with E-state index in [0.29, 0.717) is 36.5 Å². The lowest BCUT2D eigenvalue weighted by atomic mass is 10.5. The first-order valence-corrected chi connectivity index (χ1v) is 6.84. The summed E-state index contributed by atoms with van der Waals surface area (Å²) >= 11 is 0. The van der Waals surface area contributed by atoms with Crippen LogP contribution in [0.2, 0.25) is 0 Å². The van der Waals surface area contributed by atoms with Crippen LogP contribution in [0.1, 0.15) is 0 Å². The van der Waals surface area contributed by atoms with E-state index in [1.807, 2.05) is 19.0 Å². The lowest BCUT2D eigenvalue weighted by Gasteiger charge is -2.26. The van der Waals surface area contributed by atoms with Crippen molar-refractivity contribution in [1.82, 2.24) is 15.0 Å². The van der Waals surface area contributed by atoms with E-state index >= 15 is 0 Å². The van der Waals surface area contributed by atoms with E-state index in [0.717, 1.165) is 0 Å². The molecular formula is C9H16N6OS. The summed E-state index contributed by atoms with van der Waals surface area (Å²) in [6.45, 7) is 1.39. The first kappa shape index (κ1) is 12.0. The molecule has 0 amide bonds. The maximum atomic E-state index is 11.3. The zero-order valence-corrected chi connectivity index (χ0v) is 10.8. The van der Waals surface area contributed by atoms with Gasteiger partial charge in [-0.3, -0.25) is 4.21 Å². The Balaban J connectivity index is 2.23. The fourth-order valence-corrected chi connectivity index (χ4v) is 2.60. The predicted octanol–water partition coefficient (Wildman–Crippen LogP) is -0.911. The van der Waals surface area contributed by atoms with Crippen LogP contribution < -0.4 is 15.5 Å². The number of hydrogen-bond acceptors (Lipinski definition) is 7. The Morgan fingerprint density at radius 1 is 1.24 bits per heavy atom. The molecule has 0 saturated carbocycles. The number of nitrogens with zero attached hydrogens (tertiary/aromatic N) is 5. The van der Waals surface area contributed by atoms with Gasteiger partial charge in [0, 0.05) is 49.5 Å². The molecule has 2 N–H and O–H groups in total. The molecule has 0 aromatic carbocycles. The van der Waals surface area contributed by atoms with Crippen LogP contribution in [0.3, 0.4) is 0 Å². The molecule has 1 aromatic rings. The maximum absolute atomic E-state index is 11.3. The van der Waals surface area contributed by atoms with Crippen LogP contribution in [0.15, 0.2) is 0 Å². The molecule has 0 radical (unpaired) electrons. The van der Waals surface area contributed by atoms with Crippen molar-refractivity contribution in [1.29, 1.82) is 0 Å². The summed E-state index contributed by atoms with van der Waals surface area (Å²) in [6, 6.07) is 0. The summed E-state index contributed by atoms with van der Waals surface area (Å²) in [5, 5.41) is 0. The third-order valence-electron chi connectivity index (χ3n) is 2.49. The molecule has 0 atom stereocenters. The molecule has 0 aliphatic carbocycles. The van der Waals surface area contributed by atoms with Crippen molar-refractivity contribution in [3.63, 3.8) is 0 Å². The number of aromatic nitrogens is 3. The van der Waals surface area contributed by atoms with E-state index < -0.39 is 10.8 Å². The fraction of sp³-hybridized carbons (Fsp3) is 0.667. The highest BCUT2D eigenvalue weighted by Gasteiger charge is 2.19. The fourth-order valence-electron chi connectivity index (χ4n) is 1.55. The van der Waals surface area contributed by atoms with Crippen LogP contribution in [-0.2, 0) is 10.8 Å². The van der Waals surface area contributed by atoms with Crippen LogP contribution in [0, 0.1) is 0 Å². The first-order valence-electron chi connectivity index (χ1n) is 5.35. The van der Waals surface area contributed by atoms with Gasteiger partial charge in [-0.2, -0.15) is 15.0 Å². The van der Waals surface area contributed by atoms with E-state index in [1.165, 1.54) is 0 Å². The number of rotatable bonds is 2. The Morgan fingerprint density at radius 2 is 1.88 bits per heavy atom. The summed E-state index contributed by atoms with van der Waals surface area (Å²) in [5.41, 5.74) is 5.66. The van der Waals surface area contributed by atoms with Gasteiger partial charge in [0.1, 0.15) is 0 Å². The van der Waals surface area contributed by atoms with E-state index in [1.54, 1.807) is 4.90 Å². The molecule has 0 bridgehead atoms. The predicted molar refractivity (Wildman–Crippen MR) is 68.7 cm³/mol. The summed E-state index contributed by atoms with van der Waals surface area (Å²) < 4.78 is 11.3. The number of nitrogen functional groups attached to an aromatic ring is 1. The summed E-state index contributed by atoms with van der Waals surface area (Å²) in [7, 11) is 2.99. The molecule has 7 nitrogen and oxygen atoms in total. The molecule has 2 rings (SSSR count). The maximum Gasteiger partial charge on any atom is 0.232 e. The van der Waals surface area contributed by atoms with Crippen molar-refractivity contribution in [2.75, 3.05) is 54.2 Å². The van der Waals surface area contributed by atoms with Gasteiger partial charge in [-0.05, 0) is 0 Å². The van der Waals surface area contributed by atoms with Gasteiger partial charge in [0.05, 0.1) is 0 Å². The second-order valence-corrected chi connectivity index (χ2v) is 5.72. The molecule has 1 fully saturated rings. The number of anilines is 3. The zero-order chi connectivity index (χ0) is 12.4. The molecule has 1 saturated heterocycles. The minimum Gasteiger partial charge on any atom is -0.368 e. The second kappa shape index (κ2) is 4.82. The molecule has 94 valence electrons. The lowest BCUT2D eigenvalue weighted by molar-refractivity contribution is 0.671. The largest absolute Gasteiger partial charge is 0.368 e. The van der Waals surface area contributed by atoms with Gasteiger partial charge in [-0.1, -0.05) is 0 Å². The van der Waals surface area contributed by atoms with Gasteiger partial charge < -0.3 is 15.5 Å². The van der Waals surface area contributed by atoms with Crippen LogP contribution in [0.25, 0.3) is 0 Å². The number of hydrogen-bond donors (Lipinski definition) is 1. The minimum atomic E-state index is -0.709. The third-order valence-corrected chi connectivity index (χ3v) is 3.77. The van der Waals surface area contributed by atoms with E-state index in [2.05, 4.69) is 15.0 Å². The minimum absolute atomic E-state index is 0.213. The Labute approximate surface area is 103 Å². The van der Waals surface area contributed by atoms with Crippen LogP contribution >= 0.6 is 0 Å². The van der Waals surface area contributed by atoms with Gasteiger partial charge in [0.2, 0.25) is 17.8 Å². The van der Waals surface area contributed by atoms with Gasteiger partial charge in [0.25, 0.3) is 0 Å². The molecule has 1 aliphatic rings. The van der Waals surface area contributed by atoms with E-state index in [9.17, 15) is 4.21 Å². The van der Waals surface area contributed by atoms with Crippen molar-refractivity contribution >= 4 is 28.6 Å². The molecule has 0 spiro atoms. The standard InChI is InChI=1S/C9H16N6OS/c1-14(2)8-11-7(10)12-9(13-8)15-3-5-17(16)6-4-15/h3-6H2,1-2H3,(H2,10,11,12,13). The van der Waals surface area contributed by atoms with Gasteiger partial charge >= 0.3 is 0 Å². The van der Waals surface area contributed by atoms with Crippen LogP contribution in [0.5, 0.6) is 0 Å². The smallest absolute Gasteiger partial charge is 0.232 e. The summed E-state index contributed by atoms with van der Waals surface area (Å²) in [6.07, 6.45) is 0. The SMILES string of the molecule is CN(C)c1nc(N)nc(N2CCS(=O)CC2)n1. The van der Waals surface area contributed by atoms with Crippen molar-refractivity contribution in [2.24, 2.45) is 0 Å². The lowest BCUT2D eigenvalue weighted by Crippen LogP contribution is -2.39. The highest BCUT2D eigenvalue weighted by atomic mass is 32.2. The molecule has 2 heterocycles. The van der Waals surface area contributed by atoms with Crippen molar-refractivity contribution < 1.29 is 4.21 Å². The quantitative estimate of drug-likeness (QED) is 0.732. The zero-order valence-electron chi connectivity index (χ0n) is 9.96. The van der Waals surface area contributed by atoms with Gasteiger partial charge in [-0.25, -0.2) is 0 Å². The summed E-state index contributed by atoms with van der Waals surface area (Å²) in [5.74, 6) is 2.63. The Morgan fingerprint density at radius 3 is 2.47 bits per heavy atom. The van der Waals surface area contributed by atoms with Gasteiger partial charge in [0.15, 0.2) is 0 Å². The normalized spacial score (nSPS) is 17.2. The van der Waals surface area contributed by atoms with Crippen LogP contribution in [0.4, 0.5) is 17.8 Å². The molecule has 17 heavy (non-hydrogen) atoms. The Bertz CT molecular complexity index is 427. The average molecular weight is 256 g/mol. The topological polar surface area (TPSA) is 88.2 Å².